The van der Waals surface area contributed by atoms with E-state index in [0.29, 0.717) is 46.3 Å². The maximum Gasteiger partial charge on any atom is 0.291 e. The Labute approximate surface area is 233 Å². The quantitative estimate of drug-likeness (QED) is 0.205. The van der Waals surface area contributed by atoms with Crippen molar-refractivity contribution in [1.29, 1.82) is 0 Å². The summed E-state index contributed by atoms with van der Waals surface area (Å²) in [7, 11) is 0. The lowest BCUT2D eigenvalue weighted by Gasteiger charge is -2.26. The zero-order chi connectivity index (χ0) is 27.7. The Balaban J connectivity index is 1.70. The third-order valence-electron chi connectivity index (χ3n) is 7.05. The van der Waals surface area contributed by atoms with Crippen LogP contribution in [-0.4, -0.2) is 24.0 Å². The van der Waals surface area contributed by atoms with Crippen molar-refractivity contribution in [3.8, 4) is 11.5 Å². The predicted molar refractivity (Wildman–Crippen MR) is 153 cm³/mol. The lowest BCUT2D eigenvalue weighted by Crippen LogP contribution is -2.29. The Morgan fingerprint density at radius 1 is 0.974 bits per heavy atom. The number of unbranched alkanes of at least 4 members (excludes halogenated alkanes) is 1. The molecule has 1 aliphatic rings. The summed E-state index contributed by atoms with van der Waals surface area (Å²) in [6.07, 6.45) is 1.94. The van der Waals surface area contributed by atoms with Crippen molar-refractivity contribution in [2.75, 3.05) is 13.2 Å². The van der Waals surface area contributed by atoms with Gasteiger partial charge in [0.05, 0.1) is 30.2 Å². The summed E-state index contributed by atoms with van der Waals surface area (Å²) in [4.78, 5) is 29.6. The number of nitrogens with zero attached hydrogens (tertiary/aromatic N) is 1. The van der Waals surface area contributed by atoms with E-state index in [4.69, 9.17) is 25.5 Å². The average molecular weight is 546 g/mol. The number of amides is 1. The first-order chi connectivity index (χ1) is 18.8. The average Bonchev–Trinajstić information content (AvgIpc) is 3.17. The molecule has 4 aromatic rings. The summed E-state index contributed by atoms with van der Waals surface area (Å²) in [6.45, 7) is 9.08. The van der Waals surface area contributed by atoms with Gasteiger partial charge in [-0.2, -0.15) is 0 Å². The van der Waals surface area contributed by atoms with E-state index in [1.54, 1.807) is 17.0 Å². The molecule has 1 aliphatic heterocycles. The highest BCUT2D eigenvalue weighted by molar-refractivity contribution is 6.31. The van der Waals surface area contributed by atoms with Crippen LogP contribution in [0.2, 0.25) is 5.02 Å². The van der Waals surface area contributed by atoms with Gasteiger partial charge >= 0.3 is 0 Å². The molecule has 39 heavy (non-hydrogen) atoms. The normalized spacial score (nSPS) is 14.6. The van der Waals surface area contributed by atoms with Gasteiger partial charge in [-0.25, -0.2) is 0 Å². The highest BCUT2D eigenvalue weighted by atomic mass is 35.5. The van der Waals surface area contributed by atoms with Crippen LogP contribution in [0.15, 0.2) is 63.8 Å². The second-order valence-corrected chi connectivity index (χ2v) is 10.3. The van der Waals surface area contributed by atoms with E-state index in [1.807, 2.05) is 63.2 Å². The molecule has 0 saturated carbocycles. The van der Waals surface area contributed by atoms with Crippen molar-refractivity contribution in [1.82, 2.24) is 4.90 Å². The number of benzene rings is 3. The molecule has 6 nitrogen and oxygen atoms in total. The molecule has 0 saturated heterocycles. The molecule has 0 bridgehead atoms. The Kier molecular flexibility index (Phi) is 7.67. The molecular formula is C32H32ClNO5. The van der Waals surface area contributed by atoms with Gasteiger partial charge in [0.15, 0.2) is 16.9 Å². The van der Waals surface area contributed by atoms with Crippen molar-refractivity contribution in [2.45, 2.75) is 53.1 Å². The van der Waals surface area contributed by atoms with Crippen LogP contribution >= 0.6 is 11.6 Å². The second-order valence-electron chi connectivity index (χ2n) is 9.90. The fourth-order valence-electron chi connectivity index (χ4n) is 5.24. The van der Waals surface area contributed by atoms with Gasteiger partial charge in [-0.15, -0.1) is 0 Å². The fourth-order valence-corrected chi connectivity index (χ4v) is 5.44. The van der Waals surface area contributed by atoms with Gasteiger partial charge in [0.1, 0.15) is 5.58 Å². The molecule has 0 N–H and O–H groups in total. The van der Waals surface area contributed by atoms with Crippen LogP contribution in [0.3, 0.4) is 0 Å². The molecule has 0 radical (unpaired) electrons. The number of halogens is 1. The van der Waals surface area contributed by atoms with Gasteiger partial charge in [0, 0.05) is 11.6 Å². The fraction of sp³-hybridized carbons (Fsp3) is 0.312. The van der Waals surface area contributed by atoms with E-state index in [9.17, 15) is 9.59 Å². The number of carbonyl (C=O) groups is 1. The molecule has 202 valence electrons. The van der Waals surface area contributed by atoms with Gasteiger partial charge in [0.25, 0.3) is 5.91 Å². The van der Waals surface area contributed by atoms with Crippen molar-refractivity contribution >= 4 is 28.5 Å². The van der Waals surface area contributed by atoms with E-state index < -0.39 is 6.04 Å². The standard InChI is InChI=1S/C32H32ClNO5/c1-5-7-14-38-24-13-12-21(17-25(24)37-6-2)29-28-30(35)27-20(4)15-19(3)16-26(27)39-31(28)32(36)34(29)18-22-10-8-9-11-23(22)33/h8-13,15-17,29H,5-7,14,18H2,1-4H3. The molecule has 0 spiro atoms. The monoisotopic (exact) mass is 545 g/mol. The van der Waals surface area contributed by atoms with E-state index in [1.165, 1.54) is 0 Å². The van der Waals surface area contributed by atoms with Gasteiger partial charge in [-0.1, -0.05) is 55.3 Å². The number of hydrogen-bond donors (Lipinski definition) is 0. The zero-order valence-corrected chi connectivity index (χ0v) is 23.4. The molecule has 0 fully saturated rings. The highest BCUT2D eigenvalue weighted by Crippen LogP contribution is 2.42. The van der Waals surface area contributed by atoms with Crippen molar-refractivity contribution in [2.24, 2.45) is 0 Å². The van der Waals surface area contributed by atoms with Crippen molar-refractivity contribution < 1.29 is 18.7 Å². The lowest BCUT2D eigenvalue weighted by atomic mass is 9.96. The van der Waals surface area contributed by atoms with Gasteiger partial charge in [-0.3, -0.25) is 9.59 Å². The SMILES string of the molecule is CCCCOc1ccc(C2c3c(oc4cc(C)cc(C)c4c3=O)C(=O)N2Cc2ccccc2Cl)cc1OCC. The largest absolute Gasteiger partial charge is 0.490 e. The molecule has 3 aromatic carbocycles. The molecule has 1 aromatic heterocycles. The molecule has 2 heterocycles. The van der Waals surface area contributed by atoms with Crippen LogP contribution in [-0.2, 0) is 6.54 Å². The third-order valence-corrected chi connectivity index (χ3v) is 7.42. The van der Waals surface area contributed by atoms with Gasteiger partial charge < -0.3 is 18.8 Å². The second kappa shape index (κ2) is 11.1. The molecule has 7 heteroatoms. The van der Waals surface area contributed by atoms with Crippen LogP contribution in [0.4, 0.5) is 0 Å². The van der Waals surface area contributed by atoms with E-state index >= 15 is 0 Å². The maximum absolute atomic E-state index is 14.1. The maximum atomic E-state index is 14.1. The number of ether oxygens (including phenoxy) is 2. The first kappa shape index (κ1) is 26.8. The zero-order valence-electron chi connectivity index (χ0n) is 22.7. The summed E-state index contributed by atoms with van der Waals surface area (Å²) >= 11 is 6.50. The first-order valence-electron chi connectivity index (χ1n) is 13.4. The van der Waals surface area contributed by atoms with E-state index in [2.05, 4.69) is 6.92 Å². The van der Waals surface area contributed by atoms with Crippen molar-refractivity contribution in [3.05, 3.63) is 103 Å². The minimum absolute atomic E-state index is 0.0655. The molecule has 1 unspecified atom stereocenters. The summed E-state index contributed by atoms with van der Waals surface area (Å²) < 4.78 is 18.1. The van der Waals surface area contributed by atoms with E-state index in [-0.39, 0.29) is 23.6 Å². The van der Waals surface area contributed by atoms with Crippen LogP contribution in [0.1, 0.15) is 71.1 Å². The molecule has 1 atom stereocenters. The van der Waals surface area contributed by atoms with Crippen LogP contribution in [0, 0.1) is 13.8 Å². The number of hydrogen-bond acceptors (Lipinski definition) is 5. The molecule has 1 amide bonds. The Hall–Kier alpha value is -3.77. The Morgan fingerprint density at radius 3 is 2.51 bits per heavy atom. The van der Waals surface area contributed by atoms with Gasteiger partial charge in [0.2, 0.25) is 5.76 Å². The van der Waals surface area contributed by atoms with Crippen LogP contribution in [0.5, 0.6) is 11.5 Å². The molecule has 5 rings (SSSR count). The highest BCUT2D eigenvalue weighted by Gasteiger charge is 2.43. The minimum atomic E-state index is -0.686. The minimum Gasteiger partial charge on any atom is -0.490 e. The lowest BCUT2D eigenvalue weighted by molar-refractivity contribution is 0.0714. The van der Waals surface area contributed by atoms with Crippen molar-refractivity contribution in [3.63, 3.8) is 0 Å². The summed E-state index contributed by atoms with van der Waals surface area (Å²) in [5.41, 5.74) is 3.82. The topological polar surface area (TPSA) is 69.0 Å². The molecule has 0 aliphatic carbocycles. The summed E-state index contributed by atoms with van der Waals surface area (Å²) in [6, 6.07) is 16.1. The third kappa shape index (κ3) is 5.01. The Morgan fingerprint density at radius 2 is 1.77 bits per heavy atom. The number of aryl methyl sites for hydroxylation is 2. The summed E-state index contributed by atoms with van der Waals surface area (Å²) in [5, 5.41) is 1.03. The van der Waals surface area contributed by atoms with Crippen LogP contribution < -0.4 is 14.9 Å². The van der Waals surface area contributed by atoms with Crippen LogP contribution in [0.25, 0.3) is 11.0 Å². The smallest absolute Gasteiger partial charge is 0.291 e. The predicted octanol–water partition coefficient (Wildman–Crippen LogP) is 7.39. The first-order valence-corrected chi connectivity index (χ1v) is 13.7. The van der Waals surface area contributed by atoms with Gasteiger partial charge in [-0.05, 0) is 73.7 Å². The number of fused-ring (bicyclic) bond motifs is 2. The summed E-state index contributed by atoms with van der Waals surface area (Å²) in [5.74, 6) is 0.917. The number of rotatable bonds is 9. The molecular weight excluding hydrogens is 514 g/mol. The number of carbonyl (C=O) groups excluding carboxylic acids is 1. The Bertz CT molecular complexity index is 1610. The van der Waals surface area contributed by atoms with E-state index in [0.717, 1.165) is 35.1 Å².